The molecule has 0 spiro atoms. The Kier molecular flexibility index (Phi) is 7.15. The summed E-state index contributed by atoms with van der Waals surface area (Å²) >= 11 is 0. The topological polar surface area (TPSA) is 98.6 Å². The van der Waals surface area contributed by atoms with E-state index in [1.54, 1.807) is 0 Å². The first kappa shape index (κ1) is 14.1. The minimum atomic E-state index is 0.769. The molecule has 6 nitrogen and oxygen atoms in total. The summed E-state index contributed by atoms with van der Waals surface area (Å²) in [5, 5.41) is 10.1. The zero-order valence-electron chi connectivity index (χ0n) is 10.4. The minimum Gasteiger partial charge on any atom is -0.385 e. The van der Waals surface area contributed by atoms with Crippen LogP contribution in [0.2, 0.25) is 0 Å². The van der Waals surface area contributed by atoms with Gasteiger partial charge in [-0.2, -0.15) is 5.10 Å². The maximum absolute atomic E-state index is 6.54. The van der Waals surface area contributed by atoms with E-state index in [4.69, 9.17) is 11.3 Å². The van der Waals surface area contributed by atoms with E-state index in [1.165, 1.54) is 0 Å². The van der Waals surface area contributed by atoms with Crippen molar-refractivity contribution < 1.29 is 0 Å². The van der Waals surface area contributed by atoms with Crippen molar-refractivity contribution in [1.29, 1.82) is 5.53 Å². The first-order chi connectivity index (χ1) is 8.86. The Bertz CT molecular complexity index is 359. The summed E-state index contributed by atoms with van der Waals surface area (Å²) in [5.41, 5.74) is 16.7. The Morgan fingerprint density at radius 3 is 2.50 bits per heavy atom. The molecule has 0 aliphatic rings. The standard InChI is InChI=1S/C12H20N6/c13-8-2-1-3-9-15-11-4-6-12(7-5-11)18-17-10-16-14/h4-7,10,14-15,18H,1-3,8-9,13H2/b16-14?,17-10-. The first-order valence-electron chi connectivity index (χ1n) is 6.05. The summed E-state index contributed by atoms with van der Waals surface area (Å²) in [6, 6.07) is 7.81. The summed E-state index contributed by atoms with van der Waals surface area (Å²) in [4.78, 5) is 0. The zero-order chi connectivity index (χ0) is 13.1. The molecule has 0 aromatic heterocycles. The fraction of sp³-hybridized carbons (Fsp3) is 0.417. The van der Waals surface area contributed by atoms with Crippen LogP contribution in [-0.2, 0) is 0 Å². The van der Waals surface area contributed by atoms with Gasteiger partial charge in [0.05, 0.1) is 5.69 Å². The highest BCUT2D eigenvalue weighted by Gasteiger charge is 1.93. The summed E-state index contributed by atoms with van der Waals surface area (Å²) < 4.78 is 0. The highest BCUT2D eigenvalue weighted by Crippen LogP contribution is 2.13. The van der Waals surface area contributed by atoms with Gasteiger partial charge in [-0.3, -0.25) is 5.43 Å². The highest BCUT2D eigenvalue weighted by molar-refractivity contribution is 5.58. The third kappa shape index (κ3) is 5.95. The van der Waals surface area contributed by atoms with Crippen molar-refractivity contribution >= 4 is 17.7 Å². The lowest BCUT2D eigenvalue weighted by Crippen LogP contribution is -2.03. The lowest BCUT2D eigenvalue weighted by atomic mass is 10.2. The van der Waals surface area contributed by atoms with Crippen molar-refractivity contribution in [1.82, 2.24) is 0 Å². The Morgan fingerprint density at radius 2 is 1.83 bits per heavy atom. The van der Waals surface area contributed by atoms with Crippen LogP contribution < -0.4 is 16.5 Å². The largest absolute Gasteiger partial charge is 0.385 e. The second-order valence-electron chi connectivity index (χ2n) is 3.84. The van der Waals surface area contributed by atoms with Gasteiger partial charge in [-0.05, 0) is 43.7 Å². The SMILES string of the molecule is N=N/C=N\Nc1ccc(NCCCCCN)cc1. The lowest BCUT2D eigenvalue weighted by molar-refractivity contribution is 0.707. The molecule has 0 bridgehead atoms. The van der Waals surface area contributed by atoms with Gasteiger partial charge in [-0.1, -0.05) is 6.42 Å². The van der Waals surface area contributed by atoms with Crippen LogP contribution in [-0.4, -0.2) is 19.4 Å². The smallest absolute Gasteiger partial charge is 0.157 e. The maximum atomic E-state index is 6.54. The number of rotatable bonds is 9. The van der Waals surface area contributed by atoms with Gasteiger partial charge in [0.2, 0.25) is 0 Å². The quantitative estimate of drug-likeness (QED) is 0.178. The number of benzene rings is 1. The van der Waals surface area contributed by atoms with E-state index < -0.39 is 0 Å². The molecule has 0 fully saturated rings. The van der Waals surface area contributed by atoms with Gasteiger partial charge in [-0.25, -0.2) is 5.53 Å². The van der Waals surface area contributed by atoms with Crippen molar-refractivity contribution in [3.05, 3.63) is 24.3 Å². The molecule has 1 aromatic carbocycles. The molecule has 0 radical (unpaired) electrons. The summed E-state index contributed by atoms with van der Waals surface area (Å²) in [5.74, 6) is 0. The second kappa shape index (κ2) is 9.12. The Morgan fingerprint density at radius 1 is 1.11 bits per heavy atom. The molecule has 0 heterocycles. The normalized spacial score (nSPS) is 10.5. The first-order valence-corrected chi connectivity index (χ1v) is 6.05. The van der Waals surface area contributed by atoms with Crippen molar-refractivity contribution in [2.24, 2.45) is 15.9 Å². The summed E-state index contributed by atoms with van der Waals surface area (Å²) in [7, 11) is 0. The van der Waals surface area contributed by atoms with Crippen LogP contribution in [0.3, 0.4) is 0 Å². The van der Waals surface area contributed by atoms with Crippen molar-refractivity contribution in [3.63, 3.8) is 0 Å². The van der Waals surface area contributed by atoms with Gasteiger partial charge in [0.25, 0.3) is 0 Å². The fourth-order valence-corrected chi connectivity index (χ4v) is 1.47. The second-order valence-corrected chi connectivity index (χ2v) is 3.84. The van der Waals surface area contributed by atoms with Gasteiger partial charge < -0.3 is 11.1 Å². The third-order valence-electron chi connectivity index (χ3n) is 2.40. The molecule has 0 aliphatic carbocycles. The number of anilines is 2. The van der Waals surface area contributed by atoms with E-state index >= 15 is 0 Å². The van der Waals surface area contributed by atoms with Crippen LogP contribution in [0.25, 0.3) is 0 Å². The average Bonchev–Trinajstić information content (AvgIpc) is 2.40. The molecule has 0 unspecified atom stereocenters. The maximum Gasteiger partial charge on any atom is 0.157 e. The van der Waals surface area contributed by atoms with Crippen LogP contribution in [0.15, 0.2) is 34.5 Å². The minimum absolute atomic E-state index is 0.769. The monoisotopic (exact) mass is 248 g/mol. The van der Waals surface area contributed by atoms with Crippen LogP contribution >= 0.6 is 0 Å². The summed E-state index contributed by atoms with van der Waals surface area (Å²) in [6.07, 6.45) is 4.52. The molecule has 0 atom stereocenters. The number of hydrogen-bond donors (Lipinski definition) is 4. The number of hydrazone groups is 1. The van der Waals surface area contributed by atoms with E-state index in [0.29, 0.717) is 0 Å². The van der Waals surface area contributed by atoms with Crippen molar-refractivity contribution in [3.8, 4) is 0 Å². The average molecular weight is 248 g/mol. The van der Waals surface area contributed by atoms with Gasteiger partial charge in [0, 0.05) is 12.2 Å². The molecular weight excluding hydrogens is 228 g/mol. The molecule has 6 heteroatoms. The van der Waals surface area contributed by atoms with E-state index in [-0.39, 0.29) is 0 Å². The predicted molar refractivity (Wildman–Crippen MR) is 75.1 cm³/mol. The molecule has 98 valence electrons. The van der Waals surface area contributed by atoms with Crippen LogP contribution in [0.5, 0.6) is 0 Å². The van der Waals surface area contributed by atoms with E-state index in [0.717, 1.165) is 50.1 Å². The molecule has 0 amide bonds. The predicted octanol–water partition coefficient (Wildman–Crippen LogP) is 2.61. The van der Waals surface area contributed by atoms with Crippen molar-refractivity contribution in [2.45, 2.75) is 19.3 Å². The van der Waals surface area contributed by atoms with Gasteiger partial charge >= 0.3 is 0 Å². The van der Waals surface area contributed by atoms with Crippen molar-refractivity contribution in [2.75, 3.05) is 23.8 Å². The highest BCUT2D eigenvalue weighted by atomic mass is 15.3. The third-order valence-corrected chi connectivity index (χ3v) is 2.40. The molecule has 0 saturated heterocycles. The van der Waals surface area contributed by atoms with Crippen LogP contribution in [0.1, 0.15) is 19.3 Å². The van der Waals surface area contributed by atoms with E-state index in [1.807, 2.05) is 24.3 Å². The Hall–Kier alpha value is -1.95. The Balaban J connectivity index is 2.27. The van der Waals surface area contributed by atoms with Gasteiger partial charge in [0.1, 0.15) is 0 Å². The van der Waals surface area contributed by atoms with Crippen LogP contribution in [0.4, 0.5) is 11.4 Å². The Labute approximate surface area is 107 Å². The molecule has 0 saturated carbocycles. The van der Waals surface area contributed by atoms with Gasteiger partial charge in [-0.15, -0.1) is 5.11 Å². The molecule has 18 heavy (non-hydrogen) atoms. The zero-order valence-corrected chi connectivity index (χ0v) is 10.4. The van der Waals surface area contributed by atoms with Crippen LogP contribution in [0, 0.1) is 5.53 Å². The number of hydrogen-bond acceptors (Lipinski definition) is 5. The fourth-order valence-electron chi connectivity index (χ4n) is 1.47. The number of nitrogens with zero attached hydrogens (tertiary/aromatic N) is 2. The van der Waals surface area contributed by atoms with Gasteiger partial charge in [0.15, 0.2) is 6.34 Å². The summed E-state index contributed by atoms with van der Waals surface area (Å²) in [6.45, 7) is 1.73. The van der Waals surface area contributed by atoms with E-state index in [9.17, 15) is 0 Å². The molecule has 0 aliphatic heterocycles. The van der Waals surface area contributed by atoms with E-state index in [2.05, 4.69) is 21.0 Å². The number of nitrogens with two attached hydrogens (primary N) is 1. The lowest BCUT2D eigenvalue weighted by Gasteiger charge is -2.07. The molecular formula is C12H20N6. The molecule has 1 aromatic rings. The molecule has 1 rings (SSSR count). The number of nitrogens with one attached hydrogen (secondary N) is 3. The molecule has 5 N–H and O–H groups in total. The number of unbranched alkanes of at least 4 members (excludes halogenated alkanes) is 2.